The first-order chi connectivity index (χ1) is 13.2. The van der Waals surface area contributed by atoms with Crippen molar-refractivity contribution in [3.63, 3.8) is 0 Å². The number of ether oxygens (including phenoxy) is 1. The van der Waals surface area contributed by atoms with Crippen molar-refractivity contribution in [2.75, 3.05) is 18.0 Å². The predicted octanol–water partition coefficient (Wildman–Crippen LogP) is 3.53. The number of hydrogen-bond donors (Lipinski definition) is 0. The molecule has 0 fully saturated rings. The Morgan fingerprint density at radius 2 is 1.74 bits per heavy atom. The minimum atomic E-state index is -0.469. The van der Waals surface area contributed by atoms with Crippen LogP contribution < -0.4 is 4.90 Å². The second-order valence-corrected chi connectivity index (χ2v) is 6.16. The Morgan fingerprint density at radius 3 is 2.48 bits per heavy atom. The maximum Gasteiger partial charge on any atom is 0.360 e. The number of rotatable bonds is 8. The van der Waals surface area contributed by atoms with Crippen LogP contribution in [0, 0.1) is 0 Å². The Bertz CT molecular complexity index is 873. The minimum Gasteiger partial charge on any atom is -0.456 e. The molecule has 27 heavy (non-hydrogen) atoms. The molecule has 0 N–H and O–H groups in total. The van der Waals surface area contributed by atoms with Crippen molar-refractivity contribution in [2.24, 2.45) is 0 Å². The van der Waals surface area contributed by atoms with E-state index >= 15 is 0 Å². The van der Waals surface area contributed by atoms with Crippen LogP contribution >= 0.6 is 0 Å². The molecule has 0 aliphatic heterocycles. The lowest BCUT2D eigenvalue weighted by molar-refractivity contribution is 0.0466. The van der Waals surface area contributed by atoms with Crippen molar-refractivity contribution >= 4 is 11.7 Å². The first kappa shape index (κ1) is 18.6. The van der Waals surface area contributed by atoms with Crippen LogP contribution in [0.5, 0.6) is 0 Å². The summed E-state index contributed by atoms with van der Waals surface area (Å²) >= 11 is 0. The van der Waals surface area contributed by atoms with Gasteiger partial charge in [0, 0.05) is 24.3 Å². The summed E-state index contributed by atoms with van der Waals surface area (Å²) in [5.41, 5.74) is 3.37. The lowest BCUT2D eigenvalue weighted by Crippen LogP contribution is -2.23. The van der Waals surface area contributed by atoms with E-state index in [9.17, 15) is 4.79 Å². The van der Waals surface area contributed by atoms with E-state index in [1.54, 1.807) is 10.9 Å². The van der Waals surface area contributed by atoms with Gasteiger partial charge in [0.1, 0.15) is 6.61 Å². The Balaban J connectivity index is 1.64. The molecule has 2 aromatic carbocycles. The van der Waals surface area contributed by atoms with Crippen molar-refractivity contribution < 1.29 is 9.53 Å². The van der Waals surface area contributed by atoms with E-state index in [1.807, 2.05) is 54.6 Å². The Hall–Kier alpha value is -3.15. The SMILES string of the molecule is CCN(CC)c1ccccc1COC(=O)c1cn(Cc2ccccc2)nn1. The first-order valence-electron chi connectivity index (χ1n) is 9.15. The van der Waals surface area contributed by atoms with Crippen molar-refractivity contribution in [1.82, 2.24) is 15.0 Å². The molecule has 0 unspecified atom stereocenters. The quantitative estimate of drug-likeness (QED) is 0.572. The van der Waals surface area contributed by atoms with Gasteiger partial charge < -0.3 is 9.64 Å². The Morgan fingerprint density at radius 1 is 1.04 bits per heavy atom. The summed E-state index contributed by atoms with van der Waals surface area (Å²) in [6.07, 6.45) is 1.62. The van der Waals surface area contributed by atoms with E-state index in [1.165, 1.54) is 0 Å². The molecule has 3 rings (SSSR count). The third-order valence-electron chi connectivity index (χ3n) is 4.39. The maximum absolute atomic E-state index is 12.4. The fraction of sp³-hybridized carbons (Fsp3) is 0.286. The molecular formula is C21H24N4O2. The van der Waals surface area contributed by atoms with E-state index in [0.29, 0.717) is 6.54 Å². The van der Waals surface area contributed by atoms with Gasteiger partial charge in [-0.1, -0.05) is 53.7 Å². The summed E-state index contributed by atoms with van der Waals surface area (Å²) < 4.78 is 7.11. The predicted molar refractivity (Wildman–Crippen MR) is 105 cm³/mol. The van der Waals surface area contributed by atoms with E-state index in [4.69, 9.17) is 4.74 Å². The number of carbonyl (C=O) groups is 1. The lowest BCUT2D eigenvalue weighted by atomic mass is 10.1. The number of esters is 1. The van der Waals surface area contributed by atoms with Crippen LogP contribution in [-0.4, -0.2) is 34.1 Å². The number of nitrogens with zero attached hydrogens (tertiary/aromatic N) is 4. The van der Waals surface area contributed by atoms with Gasteiger partial charge in [0.05, 0.1) is 12.7 Å². The molecule has 0 bridgehead atoms. The molecule has 0 radical (unpaired) electrons. The van der Waals surface area contributed by atoms with Crippen LogP contribution in [0.4, 0.5) is 5.69 Å². The van der Waals surface area contributed by atoms with E-state index in [2.05, 4.69) is 29.1 Å². The molecule has 6 nitrogen and oxygen atoms in total. The number of hydrogen-bond acceptors (Lipinski definition) is 5. The van der Waals surface area contributed by atoms with Gasteiger partial charge in [-0.25, -0.2) is 9.48 Å². The van der Waals surface area contributed by atoms with Gasteiger partial charge in [0.15, 0.2) is 5.69 Å². The van der Waals surface area contributed by atoms with Gasteiger partial charge in [-0.2, -0.15) is 0 Å². The molecule has 0 amide bonds. The van der Waals surface area contributed by atoms with Crippen LogP contribution in [0.25, 0.3) is 0 Å². The third kappa shape index (κ3) is 4.73. The van der Waals surface area contributed by atoms with Gasteiger partial charge >= 0.3 is 5.97 Å². The molecular weight excluding hydrogens is 340 g/mol. The highest BCUT2D eigenvalue weighted by Crippen LogP contribution is 2.21. The largest absolute Gasteiger partial charge is 0.456 e. The van der Waals surface area contributed by atoms with E-state index in [-0.39, 0.29) is 12.3 Å². The standard InChI is InChI=1S/C21H24N4O2/c1-3-24(4-2)20-13-9-8-12-18(20)16-27-21(26)19-15-25(23-22-19)14-17-10-6-5-7-11-17/h5-13,15H,3-4,14,16H2,1-2H3. The Kier molecular flexibility index (Phi) is 6.20. The molecule has 0 saturated carbocycles. The highest BCUT2D eigenvalue weighted by atomic mass is 16.5. The number of anilines is 1. The topological polar surface area (TPSA) is 60.2 Å². The number of aromatic nitrogens is 3. The first-order valence-corrected chi connectivity index (χ1v) is 9.15. The van der Waals surface area contributed by atoms with Crippen molar-refractivity contribution in [3.05, 3.63) is 77.6 Å². The van der Waals surface area contributed by atoms with Crippen molar-refractivity contribution in [3.8, 4) is 0 Å². The van der Waals surface area contributed by atoms with Gasteiger partial charge in [-0.05, 0) is 25.5 Å². The maximum atomic E-state index is 12.4. The average Bonchev–Trinajstić information content (AvgIpc) is 3.17. The monoisotopic (exact) mass is 364 g/mol. The summed E-state index contributed by atoms with van der Waals surface area (Å²) in [5.74, 6) is -0.469. The van der Waals surface area contributed by atoms with Gasteiger partial charge in [-0.3, -0.25) is 0 Å². The molecule has 1 heterocycles. The second kappa shape index (κ2) is 8.98. The molecule has 3 aromatic rings. The fourth-order valence-corrected chi connectivity index (χ4v) is 2.96. The zero-order chi connectivity index (χ0) is 19.1. The van der Waals surface area contributed by atoms with Crippen LogP contribution in [0.2, 0.25) is 0 Å². The molecule has 0 spiro atoms. The summed E-state index contributed by atoms with van der Waals surface area (Å²) in [6.45, 7) is 6.78. The summed E-state index contributed by atoms with van der Waals surface area (Å²) in [4.78, 5) is 14.6. The second-order valence-electron chi connectivity index (χ2n) is 6.16. The molecule has 0 atom stereocenters. The van der Waals surface area contributed by atoms with Gasteiger partial charge in [0.25, 0.3) is 0 Å². The summed E-state index contributed by atoms with van der Waals surface area (Å²) in [5, 5.41) is 7.96. The third-order valence-corrected chi connectivity index (χ3v) is 4.39. The molecule has 0 saturated heterocycles. The smallest absolute Gasteiger partial charge is 0.360 e. The van der Waals surface area contributed by atoms with Crippen molar-refractivity contribution in [2.45, 2.75) is 27.0 Å². The van der Waals surface area contributed by atoms with E-state index < -0.39 is 5.97 Å². The zero-order valence-corrected chi connectivity index (χ0v) is 15.7. The molecule has 140 valence electrons. The Labute approximate surface area is 159 Å². The minimum absolute atomic E-state index is 0.205. The molecule has 6 heteroatoms. The highest BCUT2D eigenvalue weighted by molar-refractivity contribution is 5.86. The molecule has 0 aliphatic rings. The highest BCUT2D eigenvalue weighted by Gasteiger charge is 2.15. The molecule has 0 aliphatic carbocycles. The number of para-hydroxylation sites is 1. The molecule has 1 aromatic heterocycles. The van der Waals surface area contributed by atoms with Crippen LogP contribution in [-0.2, 0) is 17.9 Å². The fourth-order valence-electron chi connectivity index (χ4n) is 2.96. The zero-order valence-electron chi connectivity index (χ0n) is 15.7. The summed E-state index contributed by atoms with van der Waals surface area (Å²) in [7, 11) is 0. The number of carbonyl (C=O) groups excluding carboxylic acids is 1. The van der Waals surface area contributed by atoms with Crippen LogP contribution in [0.3, 0.4) is 0 Å². The van der Waals surface area contributed by atoms with Gasteiger partial charge in [-0.15, -0.1) is 5.10 Å². The normalized spacial score (nSPS) is 10.6. The lowest BCUT2D eigenvalue weighted by Gasteiger charge is -2.23. The van der Waals surface area contributed by atoms with Gasteiger partial charge in [0.2, 0.25) is 0 Å². The summed E-state index contributed by atoms with van der Waals surface area (Å²) in [6, 6.07) is 17.9. The average molecular weight is 364 g/mol. The van der Waals surface area contributed by atoms with Crippen LogP contribution in [0.15, 0.2) is 60.8 Å². The van der Waals surface area contributed by atoms with E-state index in [0.717, 1.165) is 29.9 Å². The number of benzene rings is 2. The van der Waals surface area contributed by atoms with Crippen LogP contribution in [0.1, 0.15) is 35.5 Å². The van der Waals surface area contributed by atoms with Crippen molar-refractivity contribution in [1.29, 1.82) is 0 Å².